The smallest absolute Gasteiger partial charge is 0.255 e. The summed E-state index contributed by atoms with van der Waals surface area (Å²) in [6.07, 6.45) is 7.10. The molecule has 1 atom stereocenters. The number of hydrogen-bond donors (Lipinski definition) is 2. The lowest BCUT2D eigenvalue weighted by atomic mass is 10.1. The summed E-state index contributed by atoms with van der Waals surface area (Å²) in [6, 6.07) is 6.20. The fourth-order valence-corrected chi connectivity index (χ4v) is 5.05. The Morgan fingerprint density at radius 2 is 2.12 bits per heavy atom. The number of aryl methyl sites for hydroxylation is 2. The molecule has 0 aliphatic carbocycles. The van der Waals surface area contributed by atoms with Crippen LogP contribution in [0.1, 0.15) is 21.7 Å². The van der Waals surface area contributed by atoms with Crippen molar-refractivity contribution in [2.75, 3.05) is 22.3 Å². The number of amides is 3. The van der Waals surface area contributed by atoms with E-state index in [1.807, 2.05) is 11.5 Å². The Kier molecular flexibility index (Phi) is 6.86. The quantitative estimate of drug-likeness (QED) is 0.550. The predicted molar refractivity (Wildman–Crippen MR) is 125 cm³/mol. The molecule has 11 heteroatoms. The van der Waals surface area contributed by atoms with Crippen LogP contribution in [0.3, 0.4) is 0 Å². The Morgan fingerprint density at radius 3 is 2.88 bits per heavy atom. The molecule has 0 saturated carbocycles. The summed E-state index contributed by atoms with van der Waals surface area (Å²) in [5.41, 5.74) is 0.959. The van der Waals surface area contributed by atoms with Gasteiger partial charge in [-0.15, -0.1) is 23.1 Å². The summed E-state index contributed by atoms with van der Waals surface area (Å²) in [5.74, 6) is 0.291. The number of carbonyl (C=O) groups excluding carboxylic acids is 3. The summed E-state index contributed by atoms with van der Waals surface area (Å²) in [5, 5.41) is 6.15. The van der Waals surface area contributed by atoms with Crippen molar-refractivity contribution in [3.05, 3.63) is 59.6 Å². The Balaban J connectivity index is 1.38. The molecule has 9 nitrogen and oxygen atoms in total. The van der Waals surface area contributed by atoms with Crippen molar-refractivity contribution in [2.45, 2.75) is 25.9 Å². The van der Waals surface area contributed by atoms with E-state index < -0.39 is 6.04 Å². The van der Waals surface area contributed by atoms with Crippen LogP contribution in [0.4, 0.5) is 10.8 Å². The van der Waals surface area contributed by atoms with Gasteiger partial charge in [-0.3, -0.25) is 14.4 Å². The van der Waals surface area contributed by atoms with Gasteiger partial charge in [0.05, 0.1) is 12.2 Å². The van der Waals surface area contributed by atoms with E-state index in [0.717, 1.165) is 4.88 Å². The standard InChI is InChI=1S/C21H22N6O3S2/c1-14-10-23-21(32-14)25-19(29)17-11-31-13-27(17)20(30)15-3-2-4-16(9-15)24-18(28)5-7-26-8-6-22-12-26/h2-4,6,8-10,12,17H,5,7,11,13H2,1H3,(H,24,28)(H,23,25,29). The van der Waals surface area contributed by atoms with Gasteiger partial charge in [0, 0.05) is 53.4 Å². The number of aromatic nitrogens is 3. The summed E-state index contributed by atoms with van der Waals surface area (Å²) >= 11 is 2.92. The number of carbonyl (C=O) groups is 3. The first-order valence-electron chi connectivity index (χ1n) is 9.97. The molecule has 0 radical (unpaired) electrons. The molecule has 0 bridgehead atoms. The van der Waals surface area contributed by atoms with E-state index in [1.54, 1.807) is 54.1 Å². The molecule has 1 saturated heterocycles. The van der Waals surface area contributed by atoms with Gasteiger partial charge in [-0.1, -0.05) is 6.07 Å². The molecule has 3 aromatic rings. The van der Waals surface area contributed by atoms with Crippen LogP contribution < -0.4 is 10.6 Å². The molecule has 3 heterocycles. The lowest BCUT2D eigenvalue weighted by Crippen LogP contribution is -2.44. The molecule has 0 spiro atoms. The molecular formula is C21H22N6O3S2. The van der Waals surface area contributed by atoms with Crippen molar-refractivity contribution in [1.82, 2.24) is 19.4 Å². The van der Waals surface area contributed by atoms with Crippen molar-refractivity contribution < 1.29 is 14.4 Å². The van der Waals surface area contributed by atoms with E-state index in [4.69, 9.17) is 0 Å². The predicted octanol–water partition coefficient (Wildman–Crippen LogP) is 2.83. The molecule has 1 unspecified atom stereocenters. The molecule has 1 aliphatic heterocycles. The molecule has 166 valence electrons. The number of benzene rings is 1. The fourth-order valence-electron chi connectivity index (χ4n) is 3.23. The minimum absolute atomic E-state index is 0.156. The SMILES string of the molecule is Cc1cnc(NC(=O)C2CSCN2C(=O)c2cccc(NC(=O)CCn3ccnc3)c2)s1. The van der Waals surface area contributed by atoms with Crippen LogP contribution in [0, 0.1) is 6.92 Å². The largest absolute Gasteiger partial charge is 0.337 e. The van der Waals surface area contributed by atoms with Crippen molar-refractivity contribution in [2.24, 2.45) is 0 Å². The van der Waals surface area contributed by atoms with E-state index in [1.165, 1.54) is 23.1 Å². The maximum absolute atomic E-state index is 13.1. The second-order valence-electron chi connectivity index (χ2n) is 7.24. The Hall–Kier alpha value is -3.18. The van der Waals surface area contributed by atoms with Crippen molar-refractivity contribution in [3.8, 4) is 0 Å². The number of rotatable bonds is 7. The zero-order valence-corrected chi connectivity index (χ0v) is 19.0. The van der Waals surface area contributed by atoms with Crippen LogP contribution >= 0.6 is 23.1 Å². The van der Waals surface area contributed by atoms with Gasteiger partial charge >= 0.3 is 0 Å². The van der Waals surface area contributed by atoms with Crippen molar-refractivity contribution in [1.29, 1.82) is 0 Å². The third-order valence-electron chi connectivity index (χ3n) is 4.85. The lowest BCUT2D eigenvalue weighted by molar-refractivity contribution is -0.119. The Labute approximate surface area is 193 Å². The minimum Gasteiger partial charge on any atom is -0.337 e. The van der Waals surface area contributed by atoms with Gasteiger partial charge < -0.3 is 20.1 Å². The minimum atomic E-state index is -0.579. The van der Waals surface area contributed by atoms with Gasteiger partial charge in [-0.05, 0) is 25.1 Å². The van der Waals surface area contributed by atoms with Crippen molar-refractivity contribution in [3.63, 3.8) is 0 Å². The van der Waals surface area contributed by atoms with E-state index in [0.29, 0.717) is 34.6 Å². The number of nitrogens with one attached hydrogen (secondary N) is 2. The van der Waals surface area contributed by atoms with Crippen LogP contribution in [0.2, 0.25) is 0 Å². The maximum Gasteiger partial charge on any atom is 0.255 e. The van der Waals surface area contributed by atoms with E-state index in [9.17, 15) is 14.4 Å². The van der Waals surface area contributed by atoms with Crippen molar-refractivity contribution >= 4 is 51.6 Å². The normalized spacial score (nSPS) is 15.5. The molecule has 2 aromatic heterocycles. The third kappa shape index (κ3) is 5.35. The second kappa shape index (κ2) is 9.96. The number of thiazole rings is 1. The van der Waals surface area contributed by atoms with Gasteiger partial charge in [-0.2, -0.15) is 0 Å². The monoisotopic (exact) mass is 470 g/mol. The molecule has 3 amide bonds. The van der Waals surface area contributed by atoms with Gasteiger partial charge in [0.1, 0.15) is 6.04 Å². The number of nitrogens with zero attached hydrogens (tertiary/aromatic N) is 4. The highest BCUT2D eigenvalue weighted by Gasteiger charge is 2.35. The van der Waals surface area contributed by atoms with E-state index in [-0.39, 0.29) is 24.1 Å². The number of hydrogen-bond acceptors (Lipinski definition) is 7. The van der Waals surface area contributed by atoms with E-state index >= 15 is 0 Å². The van der Waals surface area contributed by atoms with Gasteiger partial charge in [-0.25, -0.2) is 9.97 Å². The summed E-state index contributed by atoms with van der Waals surface area (Å²) in [7, 11) is 0. The molecule has 2 N–H and O–H groups in total. The van der Waals surface area contributed by atoms with E-state index in [2.05, 4.69) is 20.6 Å². The molecule has 1 fully saturated rings. The first-order chi connectivity index (χ1) is 15.5. The molecule has 1 aliphatic rings. The summed E-state index contributed by atoms with van der Waals surface area (Å²) in [6.45, 7) is 2.43. The lowest BCUT2D eigenvalue weighted by Gasteiger charge is -2.23. The Morgan fingerprint density at radius 1 is 1.25 bits per heavy atom. The number of anilines is 2. The fraction of sp³-hybridized carbons (Fsp3) is 0.286. The highest BCUT2D eigenvalue weighted by Crippen LogP contribution is 2.26. The second-order valence-corrected chi connectivity index (χ2v) is 9.47. The van der Waals surface area contributed by atoms with Crippen LogP contribution in [-0.4, -0.2) is 54.8 Å². The van der Waals surface area contributed by atoms with Crippen LogP contribution in [0.5, 0.6) is 0 Å². The van der Waals surface area contributed by atoms with Gasteiger partial charge in [0.2, 0.25) is 11.8 Å². The van der Waals surface area contributed by atoms with Crippen LogP contribution in [0.15, 0.2) is 49.2 Å². The zero-order valence-electron chi connectivity index (χ0n) is 17.4. The maximum atomic E-state index is 13.1. The number of imidazole rings is 1. The van der Waals surface area contributed by atoms with Crippen LogP contribution in [-0.2, 0) is 16.1 Å². The third-order valence-corrected chi connectivity index (χ3v) is 6.69. The zero-order chi connectivity index (χ0) is 22.5. The summed E-state index contributed by atoms with van der Waals surface area (Å²) in [4.78, 5) is 48.8. The molecule has 1 aromatic carbocycles. The van der Waals surface area contributed by atoms with Gasteiger partial charge in [0.25, 0.3) is 5.91 Å². The highest BCUT2D eigenvalue weighted by molar-refractivity contribution is 7.99. The van der Waals surface area contributed by atoms with Gasteiger partial charge in [0.15, 0.2) is 5.13 Å². The molecule has 32 heavy (non-hydrogen) atoms. The summed E-state index contributed by atoms with van der Waals surface area (Å²) < 4.78 is 1.82. The molecule has 4 rings (SSSR count). The highest BCUT2D eigenvalue weighted by atomic mass is 32.2. The first-order valence-corrected chi connectivity index (χ1v) is 11.9. The topological polar surface area (TPSA) is 109 Å². The first kappa shape index (κ1) is 22.0. The van der Waals surface area contributed by atoms with Crippen LogP contribution in [0.25, 0.3) is 0 Å². The molecular weight excluding hydrogens is 448 g/mol. The Bertz CT molecular complexity index is 1110. The average molecular weight is 471 g/mol. The number of thioether (sulfide) groups is 1. The average Bonchev–Trinajstić information content (AvgIpc) is 3.54.